The van der Waals surface area contributed by atoms with Crippen molar-refractivity contribution in [3.8, 4) is 0 Å². The van der Waals surface area contributed by atoms with Crippen molar-refractivity contribution in [2.24, 2.45) is 5.73 Å². The summed E-state index contributed by atoms with van der Waals surface area (Å²) in [5.41, 5.74) is 5.22. The second-order valence-electron chi connectivity index (χ2n) is 3.37. The molecule has 1 rings (SSSR count). The van der Waals surface area contributed by atoms with Gasteiger partial charge in [-0.25, -0.2) is 0 Å². The molecule has 1 heterocycles. The quantitative estimate of drug-likeness (QED) is 0.614. The largest absolute Gasteiger partial charge is 0.324 e. The molecule has 0 aromatic carbocycles. The summed E-state index contributed by atoms with van der Waals surface area (Å²) in [6.07, 6.45) is 0. The van der Waals surface area contributed by atoms with Gasteiger partial charge in [0, 0.05) is 0 Å². The van der Waals surface area contributed by atoms with E-state index in [2.05, 4.69) is 15.4 Å². The van der Waals surface area contributed by atoms with Gasteiger partial charge in [0.15, 0.2) is 5.82 Å². The third kappa shape index (κ3) is 1.74. The first-order valence-electron chi connectivity index (χ1n) is 3.53. The first-order chi connectivity index (χ1) is 5.04. The molecule has 0 spiro atoms. The molecule has 11 heavy (non-hydrogen) atoms. The van der Waals surface area contributed by atoms with E-state index >= 15 is 0 Å². The number of aromatic nitrogens is 4. The van der Waals surface area contributed by atoms with Crippen molar-refractivity contribution in [1.29, 1.82) is 0 Å². The fourth-order valence-electron chi connectivity index (χ4n) is 0.609. The van der Waals surface area contributed by atoms with E-state index in [1.165, 1.54) is 0 Å². The molecule has 5 nitrogen and oxygen atoms in total. The lowest BCUT2D eigenvalue weighted by Crippen LogP contribution is -2.24. The predicted molar refractivity (Wildman–Crippen MR) is 40.7 cm³/mol. The highest BCUT2D eigenvalue weighted by Gasteiger charge is 2.15. The van der Waals surface area contributed by atoms with Gasteiger partial charge in [-0.2, -0.15) is 4.80 Å². The Hall–Kier alpha value is -0.970. The van der Waals surface area contributed by atoms with Crippen molar-refractivity contribution in [1.82, 2.24) is 20.2 Å². The van der Waals surface area contributed by atoms with Crippen molar-refractivity contribution in [3.63, 3.8) is 0 Å². The number of rotatable bonds is 1. The van der Waals surface area contributed by atoms with E-state index in [4.69, 9.17) is 5.73 Å². The maximum atomic E-state index is 5.33. The van der Waals surface area contributed by atoms with Crippen LogP contribution in [0.5, 0.6) is 0 Å². The molecule has 0 radical (unpaired) electrons. The Morgan fingerprint density at radius 3 is 2.36 bits per heavy atom. The summed E-state index contributed by atoms with van der Waals surface area (Å²) in [6.45, 7) is 6.37. The zero-order chi connectivity index (χ0) is 8.48. The highest BCUT2D eigenvalue weighted by molar-refractivity contribution is 4.76. The van der Waals surface area contributed by atoms with Crippen LogP contribution in [0, 0.1) is 0 Å². The second-order valence-corrected chi connectivity index (χ2v) is 3.37. The molecule has 1 aromatic heterocycles. The van der Waals surface area contributed by atoms with Gasteiger partial charge in [-0.15, -0.1) is 10.2 Å². The van der Waals surface area contributed by atoms with E-state index in [1.54, 1.807) is 4.80 Å². The summed E-state index contributed by atoms with van der Waals surface area (Å²) < 4.78 is 0. The van der Waals surface area contributed by atoms with E-state index in [0.29, 0.717) is 12.4 Å². The maximum Gasteiger partial charge on any atom is 0.188 e. The smallest absolute Gasteiger partial charge is 0.188 e. The van der Waals surface area contributed by atoms with Crippen LogP contribution in [0.25, 0.3) is 0 Å². The van der Waals surface area contributed by atoms with E-state index in [9.17, 15) is 0 Å². The molecule has 0 amide bonds. The standard InChI is InChI=1S/C6H13N5/c1-6(2,3)11-9-5(4-7)8-10-11/h4,7H2,1-3H3. The average molecular weight is 155 g/mol. The highest BCUT2D eigenvalue weighted by Crippen LogP contribution is 2.08. The van der Waals surface area contributed by atoms with Gasteiger partial charge in [-0.05, 0) is 26.0 Å². The molecule has 0 saturated carbocycles. The lowest BCUT2D eigenvalue weighted by atomic mass is 10.1. The fourth-order valence-corrected chi connectivity index (χ4v) is 0.609. The van der Waals surface area contributed by atoms with Crippen LogP contribution in [-0.2, 0) is 12.1 Å². The lowest BCUT2D eigenvalue weighted by Gasteiger charge is -2.15. The monoisotopic (exact) mass is 155 g/mol. The van der Waals surface area contributed by atoms with Crippen LogP contribution in [0.3, 0.4) is 0 Å². The van der Waals surface area contributed by atoms with Crippen molar-refractivity contribution in [3.05, 3.63) is 5.82 Å². The van der Waals surface area contributed by atoms with Crippen molar-refractivity contribution in [2.75, 3.05) is 0 Å². The summed E-state index contributed by atoms with van der Waals surface area (Å²) in [4.78, 5) is 1.56. The normalized spacial score (nSPS) is 12.0. The predicted octanol–water partition coefficient (Wildman–Crippen LogP) is -0.113. The number of hydrogen-bond acceptors (Lipinski definition) is 4. The summed E-state index contributed by atoms with van der Waals surface area (Å²) in [7, 11) is 0. The second kappa shape index (κ2) is 2.58. The van der Waals surface area contributed by atoms with Crippen LogP contribution in [0.2, 0.25) is 0 Å². The van der Waals surface area contributed by atoms with Crippen LogP contribution >= 0.6 is 0 Å². The topological polar surface area (TPSA) is 69.6 Å². The van der Waals surface area contributed by atoms with Gasteiger partial charge in [-0.1, -0.05) is 0 Å². The molecule has 5 heteroatoms. The number of tetrazole rings is 1. The van der Waals surface area contributed by atoms with Crippen LogP contribution in [0.4, 0.5) is 0 Å². The van der Waals surface area contributed by atoms with Crippen LogP contribution in [0.1, 0.15) is 26.6 Å². The summed E-state index contributed by atoms with van der Waals surface area (Å²) >= 11 is 0. The van der Waals surface area contributed by atoms with Gasteiger partial charge in [0.2, 0.25) is 0 Å². The highest BCUT2D eigenvalue weighted by atomic mass is 15.6. The molecule has 0 fully saturated rings. The molecule has 0 unspecified atom stereocenters. The van der Waals surface area contributed by atoms with Gasteiger partial charge in [0.25, 0.3) is 0 Å². The molecule has 0 atom stereocenters. The number of hydrogen-bond donors (Lipinski definition) is 1. The Morgan fingerprint density at radius 2 is 2.09 bits per heavy atom. The first kappa shape index (κ1) is 8.13. The molecule has 0 aliphatic carbocycles. The number of nitrogens with zero attached hydrogens (tertiary/aromatic N) is 4. The molecular formula is C6H13N5. The van der Waals surface area contributed by atoms with E-state index < -0.39 is 0 Å². The fraction of sp³-hybridized carbons (Fsp3) is 0.833. The molecule has 0 bridgehead atoms. The molecule has 0 aliphatic heterocycles. The average Bonchev–Trinajstić information content (AvgIpc) is 2.32. The van der Waals surface area contributed by atoms with E-state index in [-0.39, 0.29) is 5.54 Å². The van der Waals surface area contributed by atoms with E-state index in [0.717, 1.165) is 0 Å². The van der Waals surface area contributed by atoms with Gasteiger partial charge in [-0.3, -0.25) is 0 Å². The molecule has 1 aromatic rings. The van der Waals surface area contributed by atoms with Gasteiger partial charge in [0.1, 0.15) is 0 Å². The van der Waals surface area contributed by atoms with Crippen molar-refractivity contribution in [2.45, 2.75) is 32.9 Å². The first-order valence-corrected chi connectivity index (χ1v) is 3.53. The molecule has 0 saturated heterocycles. The minimum Gasteiger partial charge on any atom is -0.324 e. The minimum absolute atomic E-state index is 0.111. The zero-order valence-electron chi connectivity index (χ0n) is 7.07. The van der Waals surface area contributed by atoms with Crippen LogP contribution in [-0.4, -0.2) is 20.2 Å². The van der Waals surface area contributed by atoms with Crippen LogP contribution in [0.15, 0.2) is 0 Å². The summed E-state index contributed by atoms with van der Waals surface area (Å²) in [5, 5.41) is 11.7. The van der Waals surface area contributed by atoms with Gasteiger partial charge >= 0.3 is 0 Å². The van der Waals surface area contributed by atoms with Crippen LogP contribution < -0.4 is 5.73 Å². The SMILES string of the molecule is CC(C)(C)n1nnc(CN)n1. The Kier molecular flexibility index (Phi) is 1.90. The van der Waals surface area contributed by atoms with Gasteiger partial charge < -0.3 is 5.73 Å². The van der Waals surface area contributed by atoms with Crippen molar-refractivity contribution >= 4 is 0 Å². The maximum absolute atomic E-state index is 5.33. The summed E-state index contributed by atoms with van der Waals surface area (Å²) in [5.74, 6) is 0.583. The zero-order valence-corrected chi connectivity index (χ0v) is 7.07. The molecule has 0 aliphatic rings. The Morgan fingerprint density at radius 1 is 1.45 bits per heavy atom. The Balaban J connectivity index is 2.89. The molecular weight excluding hydrogens is 142 g/mol. The minimum atomic E-state index is -0.111. The summed E-state index contributed by atoms with van der Waals surface area (Å²) in [6, 6.07) is 0. The molecule has 62 valence electrons. The Bertz CT molecular complexity index is 233. The molecule has 2 N–H and O–H groups in total. The van der Waals surface area contributed by atoms with E-state index in [1.807, 2.05) is 20.8 Å². The third-order valence-corrected chi connectivity index (χ3v) is 1.24. The van der Waals surface area contributed by atoms with Crippen molar-refractivity contribution < 1.29 is 0 Å². The van der Waals surface area contributed by atoms with Gasteiger partial charge in [0.05, 0.1) is 12.1 Å². The lowest BCUT2D eigenvalue weighted by molar-refractivity contribution is 0.305. The number of nitrogens with two attached hydrogens (primary N) is 1. The Labute approximate surface area is 65.6 Å². The third-order valence-electron chi connectivity index (χ3n) is 1.24.